The zero-order chi connectivity index (χ0) is 7.82. The molecule has 0 aromatic carbocycles. The molecule has 2 N–H and O–H groups in total. The number of nitrogens with one attached hydrogen (secondary N) is 1. The molecular formula is C6H13NO3. The highest BCUT2D eigenvalue weighted by atomic mass is 16.6. The van der Waals surface area contributed by atoms with Gasteiger partial charge in [0.1, 0.15) is 0 Å². The van der Waals surface area contributed by atoms with Crippen LogP contribution in [0, 0.1) is 0 Å². The minimum atomic E-state index is -0.559. The van der Waals surface area contributed by atoms with E-state index in [0.29, 0.717) is 6.54 Å². The van der Waals surface area contributed by atoms with E-state index in [-0.39, 0.29) is 0 Å². The summed E-state index contributed by atoms with van der Waals surface area (Å²) in [5, 5.41) is 10.6. The molecule has 0 heterocycles. The predicted molar refractivity (Wildman–Crippen MR) is 36.5 cm³/mol. The fourth-order valence-corrected chi connectivity index (χ4v) is 0.477. The van der Waals surface area contributed by atoms with E-state index in [1.165, 1.54) is 0 Å². The van der Waals surface area contributed by atoms with Crippen LogP contribution >= 0.6 is 0 Å². The highest BCUT2D eigenvalue weighted by molar-refractivity contribution is 5.66. The number of hydrogen-bond acceptors (Lipinski definition) is 3. The smallest absolute Gasteiger partial charge is 0.409 e. The van der Waals surface area contributed by atoms with Gasteiger partial charge in [0.15, 0.2) is 6.79 Å². The van der Waals surface area contributed by atoms with Crippen molar-refractivity contribution in [2.75, 3.05) is 13.3 Å². The summed E-state index contributed by atoms with van der Waals surface area (Å²) in [6.07, 6.45) is 1.40. The third-order valence-electron chi connectivity index (χ3n) is 0.995. The van der Waals surface area contributed by atoms with Crippen LogP contribution in [0.15, 0.2) is 0 Å². The Morgan fingerprint density at radius 3 is 2.90 bits per heavy atom. The molecule has 4 nitrogen and oxygen atoms in total. The van der Waals surface area contributed by atoms with Crippen molar-refractivity contribution in [1.29, 1.82) is 0 Å². The molecule has 0 fully saturated rings. The normalized spacial score (nSPS) is 9.00. The Labute approximate surface area is 60.2 Å². The number of rotatable bonds is 4. The average molecular weight is 147 g/mol. The largest absolute Gasteiger partial charge is 0.423 e. The summed E-state index contributed by atoms with van der Waals surface area (Å²) in [5.41, 5.74) is 0. The van der Waals surface area contributed by atoms with Crippen molar-refractivity contribution in [2.24, 2.45) is 0 Å². The molecule has 0 radical (unpaired) electrons. The number of alkyl carbamates (subject to hydrolysis) is 1. The van der Waals surface area contributed by atoms with Gasteiger partial charge in [0, 0.05) is 6.54 Å². The second kappa shape index (κ2) is 6.35. The lowest BCUT2D eigenvalue weighted by Gasteiger charge is -2.01. The molecule has 4 heteroatoms. The van der Waals surface area contributed by atoms with E-state index in [4.69, 9.17) is 5.11 Å². The van der Waals surface area contributed by atoms with Crippen LogP contribution in [0.25, 0.3) is 0 Å². The van der Waals surface area contributed by atoms with Crippen LogP contribution < -0.4 is 5.32 Å². The highest BCUT2D eigenvalue weighted by Crippen LogP contribution is 1.83. The SMILES string of the molecule is CCCCNC(=O)OCO. The summed E-state index contributed by atoms with van der Waals surface area (Å²) in [7, 11) is 0. The van der Waals surface area contributed by atoms with E-state index in [1.807, 2.05) is 6.92 Å². The molecule has 0 aliphatic carbocycles. The van der Waals surface area contributed by atoms with E-state index >= 15 is 0 Å². The maximum Gasteiger partial charge on any atom is 0.409 e. The van der Waals surface area contributed by atoms with Gasteiger partial charge in [0.25, 0.3) is 0 Å². The molecule has 0 bridgehead atoms. The Kier molecular flexibility index (Phi) is 5.86. The van der Waals surface area contributed by atoms with Crippen LogP contribution in [0.2, 0.25) is 0 Å². The van der Waals surface area contributed by atoms with Gasteiger partial charge < -0.3 is 15.2 Å². The number of unbranched alkanes of at least 4 members (excludes halogenated alkanes) is 1. The van der Waals surface area contributed by atoms with Gasteiger partial charge in [-0.2, -0.15) is 0 Å². The van der Waals surface area contributed by atoms with Gasteiger partial charge in [0.05, 0.1) is 0 Å². The van der Waals surface area contributed by atoms with E-state index in [9.17, 15) is 4.79 Å². The summed E-state index contributed by atoms with van der Waals surface area (Å²) in [5.74, 6) is 0. The minimum absolute atomic E-state index is 0.558. The number of carbonyl (C=O) groups excluding carboxylic acids is 1. The fraction of sp³-hybridized carbons (Fsp3) is 0.833. The molecule has 0 aromatic rings. The second-order valence-corrected chi connectivity index (χ2v) is 1.84. The average Bonchev–Trinajstić information content (AvgIpc) is 1.89. The Hall–Kier alpha value is -0.770. The quantitative estimate of drug-likeness (QED) is 0.448. The molecule has 0 saturated heterocycles. The molecule has 0 saturated carbocycles. The van der Waals surface area contributed by atoms with Gasteiger partial charge in [-0.15, -0.1) is 0 Å². The van der Waals surface area contributed by atoms with Gasteiger partial charge in [0.2, 0.25) is 0 Å². The fourth-order valence-electron chi connectivity index (χ4n) is 0.477. The molecule has 0 atom stereocenters. The van der Waals surface area contributed by atoms with Crippen molar-refractivity contribution >= 4 is 6.09 Å². The number of aliphatic hydroxyl groups is 1. The van der Waals surface area contributed by atoms with Crippen LogP contribution in [0.4, 0.5) is 4.79 Å². The monoisotopic (exact) mass is 147 g/mol. The molecule has 0 aromatic heterocycles. The predicted octanol–water partition coefficient (Wildman–Crippen LogP) is 0.462. The van der Waals surface area contributed by atoms with Crippen LogP contribution in [0.1, 0.15) is 19.8 Å². The molecule has 0 spiro atoms. The van der Waals surface area contributed by atoms with Crippen molar-refractivity contribution in [3.8, 4) is 0 Å². The van der Waals surface area contributed by atoms with Crippen molar-refractivity contribution in [1.82, 2.24) is 5.32 Å². The molecule has 1 amide bonds. The first-order chi connectivity index (χ1) is 4.81. The number of amides is 1. The lowest BCUT2D eigenvalue weighted by Crippen LogP contribution is -2.25. The van der Waals surface area contributed by atoms with Crippen molar-refractivity contribution in [3.63, 3.8) is 0 Å². The molecule has 0 unspecified atom stereocenters. The number of aliphatic hydroxyl groups excluding tert-OH is 1. The molecular weight excluding hydrogens is 134 g/mol. The highest BCUT2D eigenvalue weighted by Gasteiger charge is 1.96. The Balaban J connectivity index is 3.05. The van der Waals surface area contributed by atoms with Crippen molar-refractivity contribution < 1.29 is 14.6 Å². The van der Waals surface area contributed by atoms with Crippen LogP contribution in [-0.4, -0.2) is 24.5 Å². The van der Waals surface area contributed by atoms with Crippen LogP contribution in [-0.2, 0) is 4.74 Å². The summed E-state index contributed by atoms with van der Waals surface area (Å²) in [6, 6.07) is 0. The lowest BCUT2D eigenvalue weighted by molar-refractivity contribution is 0.0444. The third kappa shape index (κ3) is 5.37. The Morgan fingerprint density at radius 2 is 2.40 bits per heavy atom. The summed E-state index contributed by atoms with van der Waals surface area (Å²) >= 11 is 0. The maximum absolute atomic E-state index is 10.4. The van der Waals surface area contributed by atoms with Gasteiger partial charge >= 0.3 is 6.09 Å². The maximum atomic E-state index is 10.4. The van der Waals surface area contributed by atoms with Gasteiger partial charge in [-0.3, -0.25) is 0 Å². The van der Waals surface area contributed by atoms with Crippen LogP contribution in [0.5, 0.6) is 0 Å². The molecule has 0 aliphatic heterocycles. The van der Waals surface area contributed by atoms with Crippen LogP contribution in [0.3, 0.4) is 0 Å². The first-order valence-corrected chi connectivity index (χ1v) is 3.32. The number of ether oxygens (including phenoxy) is 1. The van der Waals surface area contributed by atoms with Crippen molar-refractivity contribution in [2.45, 2.75) is 19.8 Å². The summed E-state index contributed by atoms with van der Waals surface area (Å²) in [6.45, 7) is 2.08. The second-order valence-electron chi connectivity index (χ2n) is 1.84. The van der Waals surface area contributed by atoms with E-state index < -0.39 is 12.9 Å². The zero-order valence-electron chi connectivity index (χ0n) is 6.09. The third-order valence-corrected chi connectivity index (χ3v) is 0.995. The van der Waals surface area contributed by atoms with Crippen molar-refractivity contribution in [3.05, 3.63) is 0 Å². The van der Waals surface area contributed by atoms with Gasteiger partial charge in [-0.25, -0.2) is 4.79 Å². The van der Waals surface area contributed by atoms with E-state index in [1.54, 1.807) is 0 Å². The number of hydrogen-bond donors (Lipinski definition) is 2. The molecule has 0 aliphatic rings. The number of carbonyl (C=O) groups is 1. The minimum Gasteiger partial charge on any atom is -0.423 e. The first kappa shape index (κ1) is 9.23. The Morgan fingerprint density at radius 1 is 1.70 bits per heavy atom. The summed E-state index contributed by atoms with van der Waals surface area (Å²) < 4.78 is 4.19. The van der Waals surface area contributed by atoms with E-state index in [0.717, 1.165) is 12.8 Å². The molecule has 0 rings (SSSR count). The Bertz CT molecular complexity index is 95.0. The first-order valence-electron chi connectivity index (χ1n) is 3.32. The zero-order valence-corrected chi connectivity index (χ0v) is 6.09. The van der Waals surface area contributed by atoms with Gasteiger partial charge in [-0.05, 0) is 6.42 Å². The molecule has 10 heavy (non-hydrogen) atoms. The standard InChI is InChI=1S/C6H13NO3/c1-2-3-4-7-6(9)10-5-8/h8H,2-5H2,1H3,(H,7,9). The van der Waals surface area contributed by atoms with E-state index in [2.05, 4.69) is 10.1 Å². The topological polar surface area (TPSA) is 58.6 Å². The molecule has 60 valence electrons. The van der Waals surface area contributed by atoms with Gasteiger partial charge in [-0.1, -0.05) is 13.3 Å². The lowest BCUT2D eigenvalue weighted by atomic mass is 10.3. The summed E-state index contributed by atoms with van der Waals surface area (Å²) in [4.78, 5) is 10.4.